The van der Waals surface area contributed by atoms with E-state index in [1.807, 2.05) is 17.0 Å². The van der Waals surface area contributed by atoms with Crippen LogP contribution in [-0.2, 0) is 6.54 Å². The number of likely N-dealkylation sites (tertiary alicyclic amines) is 1. The molecule has 1 aromatic heterocycles. The minimum atomic E-state index is -0.648. The molecule has 16 heavy (non-hydrogen) atoms. The van der Waals surface area contributed by atoms with Gasteiger partial charge in [-0.15, -0.1) is 0 Å². The van der Waals surface area contributed by atoms with E-state index in [4.69, 9.17) is 4.74 Å². The number of aliphatic hydroxyl groups is 2. The van der Waals surface area contributed by atoms with Crippen LogP contribution in [0.5, 0.6) is 5.88 Å². The molecule has 2 rings (SSSR count). The topological polar surface area (TPSA) is 65.8 Å². The minimum absolute atomic E-state index is 0.486. The molecule has 0 amide bonds. The Morgan fingerprint density at radius 3 is 2.69 bits per heavy atom. The van der Waals surface area contributed by atoms with E-state index in [2.05, 4.69) is 4.98 Å². The van der Waals surface area contributed by atoms with Gasteiger partial charge in [-0.05, 0) is 6.07 Å². The van der Waals surface area contributed by atoms with E-state index in [-0.39, 0.29) is 0 Å². The second-order valence-corrected chi connectivity index (χ2v) is 4.00. The summed E-state index contributed by atoms with van der Waals surface area (Å²) < 4.78 is 5.03. The predicted molar refractivity (Wildman–Crippen MR) is 58.1 cm³/mol. The number of aromatic nitrogens is 1. The molecular weight excluding hydrogens is 208 g/mol. The van der Waals surface area contributed by atoms with Crippen molar-refractivity contribution in [3.63, 3.8) is 0 Å². The summed E-state index contributed by atoms with van der Waals surface area (Å²) in [5.74, 6) is 0.581. The first kappa shape index (κ1) is 11.3. The zero-order valence-electron chi connectivity index (χ0n) is 9.21. The number of rotatable bonds is 3. The van der Waals surface area contributed by atoms with Gasteiger partial charge in [-0.3, -0.25) is 4.90 Å². The first-order valence-corrected chi connectivity index (χ1v) is 5.27. The van der Waals surface area contributed by atoms with Crippen LogP contribution >= 0.6 is 0 Å². The Bertz CT molecular complexity index is 349. The summed E-state index contributed by atoms with van der Waals surface area (Å²) in [5.41, 5.74) is 0.876. The molecule has 0 radical (unpaired) electrons. The van der Waals surface area contributed by atoms with E-state index in [1.54, 1.807) is 13.2 Å². The Morgan fingerprint density at radius 1 is 1.38 bits per heavy atom. The number of hydrogen-bond donors (Lipinski definition) is 2. The molecule has 88 valence electrons. The second-order valence-electron chi connectivity index (χ2n) is 4.00. The minimum Gasteiger partial charge on any atom is -0.481 e. The quantitative estimate of drug-likeness (QED) is 0.733. The summed E-state index contributed by atoms with van der Waals surface area (Å²) in [4.78, 5) is 6.25. The molecule has 0 spiro atoms. The highest BCUT2D eigenvalue weighted by Crippen LogP contribution is 2.14. The molecule has 0 saturated carbocycles. The Morgan fingerprint density at radius 2 is 2.06 bits per heavy atom. The van der Waals surface area contributed by atoms with Crippen molar-refractivity contribution < 1.29 is 14.9 Å². The molecule has 1 aliphatic rings. The van der Waals surface area contributed by atoms with Gasteiger partial charge in [0, 0.05) is 25.7 Å². The average molecular weight is 224 g/mol. The number of nitrogens with zero attached hydrogens (tertiary/aromatic N) is 2. The summed E-state index contributed by atoms with van der Waals surface area (Å²) >= 11 is 0. The van der Waals surface area contributed by atoms with Gasteiger partial charge in [-0.25, -0.2) is 4.98 Å². The normalized spacial score (nSPS) is 25.9. The van der Waals surface area contributed by atoms with Crippen molar-refractivity contribution in [1.82, 2.24) is 9.88 Å². The molecule has 5 heteroatoms. The van der Waals surface area contributed by atoms with Crippen LogP contribution in [0.25, 0.3) is 0 Å². The first-order valence-electron chi connectivity index (χ1n) is 5.27. The van der Waals surface area contributed by atoms with Crippen molar-refractivity contribution in [3.8, 4) is 5.88 Å². The Hall–Kier alpha value is -1.17. The van der Waals surface area contributed by atoms with Gasteiger partial charge in [0.2, 0.25) is 5.88 Å². The fourth-order valence-electron chi connectivity index (χ4n) is 1.86. The molecule has 2 N–H and O–H groups in total. The van der Waals surface area contributed by atoms with E-state index in [9.17, 15) is 10.2 Å². The number of methoxy groups -OCH3 is 1. The van der Waals surface area contributed by atoms with E-state index < -0.39 is 12.2 Å². The molecule has 0 bridgehead atoms. The zero-order valence-corrected chi connectivity index (χ0v) is 9.21. The van der Waals surface area contributed by atoms with Crippen molar-refractivity contribution in [2.45, 2.75) is 18.8 Å². The Balaban J connectivity index is 1.99. The highest BCUT2D eigenvalue weighted by molar-refractivity contribution is 5.15. The summed E-state index contributed by atoms with van der Waals surface area (Å²) in [6, 6.07) is 5.57. The number of hydrogen-bond acceptors (Lipinski definition) is 5. The lowest BCUT2D eigenvalue weighted by atomic mass is 10.3. The van der Waals surface area contributed by atoms with E-state index >= 15 is 0 Å². The lowest BCUT2D eigenvalue weighted by Gasteiger charge is -2.14. The summed E-state index contributed by atoms with van der Waals surface area (Å²) in [6.07, 6.45) is -1.30. The Kier molecular flexibility index (Phi) is 3.38. The van der Waals surface area contributed by atoms with Crippen LogP contribution in [-0.4, -0.2) is 52.5 Å². The maximum absolute atomic E-state index is 9.41. The van der Waals surface area contributed by atoms with E-state index in [0.717, 1.165) is 5.69 Å². The van der Waals surface area contributed by atoms with Crippen molar-refractivity contribution >= 4 is 0 Å². The van der Waals surface area contributed by atoms with Gasteiger partial charge < -0.3 is 14.9 Å². The smallest absolute Gasteiger partial charge is 0.213 e. The van der Waals surface area contributed by atoms with Gasteiger partial charge in [0.05, 0.1) is 25.0 Å². The fourth-order valence-corrected chi connectivity index (χ4v) is 1.86. The van der Waals surface area contributed by atoms with Gasteiger partial charge in [0.1, 0.15) is 0 Å². The summed E-state index contributed by atoms with van der Waals surface area (Å²) in [7, 11) is 1.58. The molecule has 1 fully saturated rings. The third kappa shape index (κ3) is 2.49. The lowest BCUT2D eigenvalue weighted by Crippen LogP contribution is -2.22. The predicted octanol–water partition coefficient (Wildman–Crippen LogP) is -0.372. The monoisotopic (exact) mass is 224 g/mol. The van der Waals surface area contributed by atoms with Crippen molar-refractivity contribution in [3.05, 3.63) is 23.9 Å². The van der Waals surface area contributed by atoms with E-state index in [1.165, 1.54) is 0 Å². The number of β-amino-alcohol motifs (C(OH)–C–C–N with tert-alkyl or cyclic N) is 2. The molecule has 2 heterocycles. The van der Waals surface area contributed by atoms with Crippen LogP contribution in [0.3, 0.4) is 0 Å². The van der Waals surface area contributed by atoms with Crippen LogP contribution in [0.4, 0.5) is 0 Å². The van der Waals surface area contributed by atoms with Crippen molar-refractivity contribution in [2.24, 2.45) is 0 Å². The van der Waals surface area contributed by atoms with Crippen LogP contribution in [0, 0.1) is 0 Å². The summed E-state index contributed by atoms with van der Waals surface area (Å²) in [6.45, 7) is 1.59. The lowest BCUT2D eigenvalue weighted by molar-refractivity contribution is 0.0572. The second kappa shape index (κ2) is 4.78. The van der Waals surface area contributed by atoms with E-state index in [0.29, 0.717) is 25.5 Å². The molecule has 0 aromatic carbocycles. The number of aliphatic hydroxyl groups excluding tert-OH is 2. The van der Waals surface area contributed by atoms with Crippen molar-refractivity contribution in [1.29, 1.82) is 0 Å². The zero-order chi connectivity index (χ0) is 11.5. The molecule has 5 nitrogen and oxygen atoms in total. The maximum atomic E-state index is 9.41. The van der Waals surface area contributed by atoms with Gasteiger partial charge in [0.15, 0.2) is 0 Å². The van der Waals surface area contributed by atoms with Crippen molar-refractivity contribution in [2.75, 3.05) is 20.2 Å². The number of pyridine rings is 1. The molecule has 0 aliphatic carbocycles. The number of ether oxygens (including phenoxy) is 1. The highest BCUT2D eigenvalue weighted by Gasteiger charge is 2.29. The molecule has 1 saturated heterocycles. The van der Waals surface area contributed by atoms with Crippen LogP contribution < -0.4 is 4.74 Å². The largest absolute Gasteiger partial charge is 0.481 e. The third-order valence-electron chi connectivity index (χ3n) is 2.71. The first-order chi connectivity index (χ1) is 7.69. The van der Waals surface area contributed by atoms with Crippen LogP contribution in [0.15, 0.2) is 18.2 Å². The highest BCUT2D eigenvalue weighted by atomic mass is 16.5. The molecule has 1 aliphatic heterocycles. The average Bonchev–Trinajstić information content (AvgIpc) is 2.58. The van der Waals surface area contributed by atoms with Gasteiger partial charge >= 0.3 is 0 Å². The van der Waals surface area contributed by atoms with Crippen LogP contribution in [0.1, 0.15) is 5.69 Å². The Labute approximate surface area is 94.3 Å². The SMILES string of the molecule is COc1cccc(CN2CC(O)C(O)C2)n1. The van der Waals surface area contributed by atoms with Crippen LogP contribution in [0.2, 0.25) is 0 Å². The molecular formula is C11H16N2O3. The van der Waals surface area contributed by atoms with Gasteiger partial charge in [0.25, 0.3) is 0 Å². The third-order valence-corrected chi connectivity index (χ3v) is 2.71. The van der Waals surface area contributed by atoms with Gasteiger partial charge in [-0.2, -0.15) is 0 Å². The maximum Gasteiger partial charge on any atom is 0.213 e. The molecule has 1 aromatic rings. The molecule has 2 atom stereocenters. The summed E-state index contributed by atoms with van der Waals surface area (Å²) in [5, 5.41) is 18.8. The fraction of sp³-hybridized carbons (Fsp3) is 0.545. The standard InChI is InChI=1S/C11H16N2O3/c1-16-11-4-2-3-8(12-11)5-13-6-9(14)10(15)7-13/h2-4,9-10,14-15H,5-7H2,1H3. The van der Waals surface area contributed by atoms with Gasteiger partial charge in [-0.1, -0.05) is 6.07 Å². The molecule has 2 unspecified atom stereocenters.